The summed E-state index contributed by atoms with van der Waals surface area (Å²) in [5, 5.41) is 19.3. The molecule has 1 aliphatic heterocycles. The zero-order valence-electron chi connectivity index (χ0n) is 19.0. The molecule has 2 unspecified atom stereocenters. The summed E-state index contributed by atoms with van der Waals surface area (Å²) in [6.45, 7) is 2.13. The molecule has 0 spiro atoms. The van der Waals surface area contributed by atoms with Gasteiger partial charge in [0.15, 0.2) is 0 Å². The Bertz CT molecular complexity index is 1240. The van der Waals surface area contributed by atoms with Crippen molar-refractivity contribution < 1.29 is 28.9 Å². The molecule has 10 nitrogen and oxygen atoms in total. The van der Waals surface area contributed by atoms with E-state index in [4.69, 9.17) is 4.74 Å². The summed E-state index contributed by atoms with van der Waals surface area (Å²) in [7, 11) is 0. The monoisotopic (exact) mass is 476 g/mol. The fraction of sp³-hybridized carbons (Fsp3) is 0.320. The molecule has 2 heterocycles. The fourth-order valence-corrected chi connectivity index (χ4v) is 5.07. The number of carbonyl (C=O) groups is 3. The Labute approximate surface area is 200 Å². The molecule has 0 bridgehead atoms. The average Bonchev–Trinajstić information content (AvgIpc) is 3.44. The SMILES string of the molecule is CC1CCCN(C(=O)c2nonc2NC(=O)OCC2c3ccccc3-c3ccccc32)C1C(=O)O. The first-order valence-corrected chi connectivity index (χ1v) is 11.4. The van der Waals surface area contributed by atoms with Gasteiger partial charge in [0.05, 0.1) is 0 Å². The zero-order chi connectivity index (χ0) is 24.5. The van der Waals surface area contributed by atoms with E-state index >= 15 is 0 Å². The smallest absolute Gasteiger partial charge is 0.412 e. The lowest BCUT2D eigenvalue weighted by Gasteiger charge is -2.36. The van der Waals surface area contributed by atoms with Gasteiger partial charge in [-0.3, -0.25) is 10.1 Å². The number of ether oxygens (including phenoxy) is 1. The number of aromatic nitrogens is 2. The van der Waals surface area contributed by atoms with Crippen molar-refractivity contribution in [2.24, 2.45) is 5.92 Å². The molecule has 2 aromatic carbocycles. The number of carboxylic acid groups (broad SMARTS) is 1. The molecule has 180 valence electrons. The fourth-order valence-electron chi connectivity index (χ4n) is 5.07. The third kappa shape index (κ3) is 4.11. The van der Waals surface area contributed by atoms with Crippen molar-refractivity contribution in [2.45, 2.75) is 31.7 Å². The minimum Gasteiger partial charge on any atom is -0.480 e. The molecule has 5 rings (SSSR count). The Balaban J connectivity index is 1.28. The zero-order valence-corrected chi connectivity index (χ0v) is 19.0. The third-order valence-electron chi connectivity index (χ3n) is 6.70. The molecule has 1 aromatic heterocycles. The highest BCUT2D eigenvalue weighted by molar-refractivity contribution is 6.01. The van der Waals surface area contributed by atoms with E-state index in [2.05, 4.69) is 20.3 Å². The molecular weight excluding hydrogens is 452 g/mol. The molecule has 2 atom stereocenters. The lowest BCUT2D eigenvalue weighted by molar-refractivity contribution is -0.145. The van der Waals surface area contributed by atoms with Crippen LogP contribution in [0.1, 0.15) is 47.3 Å². The lowest BCUT2D eigenvalue weighted by Crippen LogP contribution is -2.52. The lowest BCUT2D eigenvalue weighted by atomic mass is 9.90. The van der Waals surface area contributed by atoms with Crippen molar-refractivity contribution in [3.8, 4) is 11.1 Å². The molecular formula is C25H24N4O6. The molecule has 0 radical (unpaired) electrons. The van der Waals surface area contributed by atoms with E-state index in [9.17, 15) is 19.5 Å². The Morgan fingerprint density at radius 2 is 1.74 bits per heavy atom. The van der Waals surface area contributed by atoms with Gasteiger partial charge in [0.1, 0.15) is 12.6 Å². The molecule has 3 aromatic rings. The standard InChI is InChI=1S/C25H24N4O6/c1-14-7-6-12-29(21(14)24(31)32)23(30)20-22(28-35-27-20)26-25(33)34-13-19-17-10-4-2-8-15(17)16-9-3-5-11-18(16)19/h2-5,8-11,14,19,21H,6-7,12-13H2,1H3,(H,31,32)(H,26,28,33). The number of benzene rings is 2. The second kappa shape index (κ2) is 9.21. The highest BCUT2D eigenvalue weighted by atomic mass is 16.6. The van der Waals surface area contributed by atoms with Gasteiger partial charge in [0.25, 0.3) is 5.91 Å². The highest BCUT2D eigenvalue weighted by Crippen LogP contribution is 2.44. The van der Waals surface area contributed by atoms with Crippen molar-refractivity contribution in [1.82, 2.24) is 15.2 Å². The van der Waals surface area contributed by atoms with Crippen LogP contribution in [0.3, 0.4) is 0 Å². The van der Waals surface area contributed by atoms with Crippen molar-refractivity contribution in [2.75, 3.05) is 18.5 Å². The Kier molecular flexibility index (Phi) is 5.94. The number of fused-ring (bicyclic) bond motifs is 3. The second-order valence-corrected chi connectivity index (χ2v) is 8.81. The first-order valence-electron chi connectivity index (χ1n) is 11.4. The number of carbonyl (C=O) groups excluding carboxylic acids is 2. The number of rotatable bonds is 5. The van der Waals surface area contributed by atoms with Gasteiger partial charge in [-0.05, 0) is 51.3 Å². The second-order valence-electron chi connectivity index (χ2n) is 8.81. The first-order chi connectivity index (χ1) is 17.0. The highest BCUT2D eigenvalue weighted by Gasteiger charge is 2.39. The molecule has 1 aliphatic carbocycles. The summed E-state index contributed by atoms with van der Waals surface area (Å²) in [5.41, 5.74) is 4.08. The minimum atomic E-state index is -1.09. The van der Waals surface area contributed by atoms with E-state index in [1.54, 1.807) is 6.92 Å². The summed E-state index contributed by atoms with van der Waals surface area (Å²) >= 11 is 0. The van der Waals surface area contributed by atoms with Crippen molar-refractivity contribution in [1.29, 1.82) is 0 Å². The van der Waals surface area contributed by atoms with Crippen molar-refractivity contribution >= 4 is 23.8 Å². The Morgan fingerprint density at radius 3 is 2.40 bits per heavy atom. The van der Waals surface area contributed by atoms with Crippen LogP contribution in [-0.4, -0.2) is 57.5 Å². The molecule has 2 aliphatic rings. The van der Waals surface area contributed by atoms with Gasteiger partial charge in [-0.1, -0.05) is 55.5 Å². The van der Waals surface area contributed by atoms with E-state index in [1.807, 2.05) is 48.5 Å². The largest absolute Gasteiger partial charge is 0.480 e. The number of nitrogens with zero attached hydrogens (tertiary/aromatic N) is 3. The Hall–Kier alpha value is -4.21. The molecule has 0 saturated carbocycles. The van der Waals surface area contributed by atoms with Crippen LogP contribution < -0.4 is 5.32 Å². The third-order valence-corrected chi connectivity index (χ3v) is 6.70. The normalized spacial score (nSPS) is 19.1. The van der Waals surface area contributed by atoms with E-state index in [0.717, 1.165) is 22.3 Å². The number of anilines is 1. The molecule has 35 heavy (non-hydrogen) atoms. The summed E-state index contributed by atoms with van der Waals surface area (Å²) < 4.78 is 10.2. The van der Waals surface area contributed by atoms with Crippen LogP contribution in [0, 0.1) is 5.92 Å². The van der Waals surface area contributed by atoms with Crippen LogP contribution in [0.4, 0.5) is 10.6 Å². The summed E-state index contributed by atoms with van der Waals surface area (Å²) in [5.74, 6) is -2.32. The maximum Gasteiger partial charge on any atom is 0.412 e. The maximum absolute atomic E-state index is 13.1. The van der Waals surface area contributed by atoms with Gasteiger partial charge in [-0.2, -0.15) is 0 Å². The average molecular weight is 476 g/mol. The van der Waals surface area contributed by atoms with E-state index < -0.39 is 24.0 Å². The molecule has 1 fully saturated rings. The van der Waals surface area contributed by atoms with Gasteiger partial charge in [-0.25, -0.2) is 14.2 Å². The van der Waals surface area contributed by atoms with Gasteiger partial charge in [-0.15, -0.1) is 0 Å². The van der Waals surface area contributed by atoms with E-state index in [-0.39, 0.29) is 36.5 Å². The quantitative estimate of drug-likeness (QED) is 0.568. The molecule has 10 heteroatoms. The van der Waals surface area contributed by atoms with Crippen LogP contribution in [-0.2, 0) is 9.53 Å². The van der Waals surface area contributed by atoms with Crippen LogP contribution in [0.25, 0.3) is 11.1 Å². The first kappa shape index (κ1) is 22.6. The van der Waals surface area contributed by atoms with E-state index in [1.165, 1.54) is 4.90 Å². The summed E-state index contributed by atoms with van der Waals surface area (Å²) in [6, 6.07) is 15.0. The summed E-state index contributed by atoms with van der Waals surface area (Å²) in [6.07, 6.45) is 0.540. The number of piperidine rings is 1. The number of nitrogens with one attached hydrogen (secondary N) is 1. The van der Waals surface area contributed by atoms with Crippen LogP contribution in [0.5, 0.6) is 0 Å². The minimum absolute atomic E-state index is 0.0825. The Morgan fingerprint density at radius 1 is 1.09 bits per heavy atom. The molecule has 2 amide bonds. The van der Waals surface area contributed by atoms with Crippen LogP contribution >= 0.6 is 0 Å². The van der Waals surface area contributed by atoms with Crippen LogP contribution in [0.15, 0.2) is 53.2 Å². The van der Waals surface area contributed by atoms with Gasteiger partial charge >= 0.3 is 12.1 Å². The number of hydrogen-bond donors (Lipinski definition) is 2. The van der Waals surface area contributed by atoms with Crippen molar-refractivity contribution in [3.63, 3.8) is 0 Å². The number of aliphatic carboxylic acids is 1. The van der Waals surface area contributed by atoms with Crippen molar-refractivity contribution in [3.05, 3.63) is 65.4 Å². The number of amides is 2. The van der Waals surface area contributed by atoms with Crippen LogP contribution in [0.2, 0.25) is 0 Å². The maximum atomic E-state index is 13.1. The summed E-state index contributed by atoms with van der Waals surface area (Å²) in [4.78, 5) is 38.7. The topological polar surface area (TPSA) is 135 Å². The van der Waals surface area contributed by atoms with E-state index in [0.29, 0.717) is 12.8 Å². The predicted molar refractivity (Wildman–Crippen MR) is 124 cm³/mol. The molecule has 1 saturated heterocycles. The van der Waals surface area contributed by atoms with Gasteiger partial charge in [0, 0.05) is 12.5 Å². The predicted octanol–water partition coefficient (Wildman–Crippen LogP) is 3.76. The number of likely N-dealkylation sites (tertiary alicyclic amines) is 1. The molecule has 2 N–H and O–H groups in total. The number of hydrogen-bond acceptors (Lipinski definition) is 7. The van der Waals surface area contributed by atoms with Gasteiger partial charge in [0.2, 0.25) is 11.5 Å². The number of carboxylic acids is 1. The van der Waals surface area contributed by atoms with Gasteiger partial charge < -0.3 is 14.7 Å².